The number of benzene rings is 1. The molecule has 1 heterocycles. The normalized spacial score (nSPS) is 18.3. The molecule has 7 heteroatoms. The first-order chi connectivity index (χ1) is 13.3. The van der Waals surface area contributed by atoms with Gasteiger partial charge in [0.2, 0.25) is 0 Å². The van der Waals surface area contributed by atoms with E-state index < -0.39 is 0 Å². The molecule has 2 fully saturated rings. The monoisotopic (exact) mass is 502 g/mol. The highest BCUT2D eigenvalue weighted by atomic mass is 127. The van der Waals surface area contributed by atoms with Crippen molar-refractivity contribution in [3.8, 4) is 11.5 Å². The molecule has 158 valence electrons. The largest absolute Gasteiger partial charge is 0.497 e. The van der Waals surface area contributed by atoms with Crippen molar-refractivity contribution in [2.24, 2.45) is 4.99 Å². The summed E-state index contributed by atoms with van der Waals surface area (Å²) >= 11 is 0. The molecule has 0 amide bonds. The molecule has 1 aliphatic heterocycles. The SMILES string of the molecule is CCNC(=NCCCOc1cccc(OC)c1)NC1CCN(C2CC2)CC1.I. The van der Waals surface area contributed by atoms with Crippen molar-refractivity contribution in [3.05, 3.63) is 24.3 Å². The Bertz CT molecular complexity index is 602. The van der Waals surface area contributed by atoms with Crippen molar-refractivity contribution in [1.29, 1.82) is 0 Å². The van der Waals surface area contributed by atoms with Crippen LogP contribution in [0.1, 0.15) is 39.0 Å². The highest BCUT2D eigenvalue weighted by Gasteiger charge is 2.31. The molecule has 28 heavy (non-hydrogen) atoms. The smallest absolute Gasteiger partial charge is 0.191 e. The zero-order valence-corrected chi connectivity index (χ0v) is 19.5. The summed E-state index contributed by atoms with van der Waals surface area (Å²) < 4.78 is 11.0. The van der Waals surface area contributed by atoms with Crippen LogP contribution in [0.25, 0.3) is 0 Å². The number of aliphatic imine (C=N–C) groups is 1. The van der Waals surface area contributed by atoms with Crippen LogP contribution in [0.15, 0.2) is 29.3 Å². The maximum absolute atomic E-state index is 5.78. The Morgan fingerprint density at radius 1 is 1.18 bits per heavy atom. The van der Waals surface area contributed by atoms with E-state index in [1.807, 2.05) is 24.3 Å². The highest BCUT2D eigenvalue weighted by Crippen LogP contribution is 2.29. The van der Waals surface area contributed by atoms with E-state index in [9.17, 15) is 0 Å². The minimum Gasteiger partial charge on any atom is -0.497 e. The minimum atomic E-state index is 0. The molecule has 1 aliphatic carbocycles. The lowest BCUT2D eigenvalue weighted by molar-refractivity contribution is 0.197. The Morgan fingerprint density at radius 3 is 2.61 bits per heavy atom. The van der Waals surface area contributed by atoms with Crippen molar-refractivity contribution in [2.45, 2.75) is 51.1 Å². The summed E-state index contributed by atoms with van der Waals surface area (Å²) in [7, 11) is 1.67. The summed E-state index contributed by atoms with van der Waals surface area (Å²) in [6.07, 6.45) is 6.10. The Hall–Kier alpha value is -1.22. The van der Waals surface area contributed by atoms with E-state index in [0.717, 1.165) is 43.0 Å². The van der Waals surface area contributed by atoms with E-state index in [1.54, 1.807) is 7.11 Å². The number of hydrogen-bond acceptors (Lipinski definition) is 4. The van der Waals surface area contributed by atoms with Crippen LogP contribution >= 0.6 is 24.0 Å². The van der Waals surface area contributed by atoms with Crippen LogP contribution in [0, 0.1) is 0 Å². The van der Waals surface area contributed by atoms with Gasteiger partial charge in [-0.15, -0.1) is 24.0 Å². The summed E-state index contributed by atoms with van der Waals surface area (Å²) in [6, 6.07) is 9.13. The lowest BCUT2D eigenvalue weighted by Gasteiger charge is -2.33. The standard InChI is InChI=1S/C21H34N4O2.HI/c1-3-22-21(24-17-10-13-25(14-11-17)18-8-9-18)23-12-5-15-27-20-7-4-6-19(16-20)26-2;/h4,6-7,16-18H,3,5,8-15H2,1-2H3,(H2,22,23,24);1H. The molecular formula is C21H35IN4O2. The van der Waals surface area contributed by atoms with E-state index in [2.05, 4.69) is 22.5 Å². The lowest BCUT2D eigenvalue weighted by Crippen LogP contribution is -2.49. The van der Waals surface area contributed by atoms with Crippen LogP contribution in [0.5, 0.6) is 11.5 Å². The van der Waals surface area contributed by atoms with Crippen LogP contribution in [-0.2, 0) is 0 Å². The summed E-state index contributed by atoms with van der Waals surface area (Å²) in [5.41, 5.74) is 0. The van der Waals surface area contributed by atoms with Gasteiger partial charge in [-0.1, -0.05) is 6.07 Å². The number of nitrogens with zero attached hydrogens (tertiary/aromatic N) is 2. The van der Waals surface area contributed by atoms with Gasteiger partial charge in [-0.25, -0.2) is 0 Å². The van der Waals surface area contributed by atoms with Crippen molar-refractivity contribution in [3.63, 3.8) is 0 Å². The van der Waals surface area contributed by atoms with Crippen molar-refractivity contribution in [2.75, 3.05) is 39.9 Å². The molecule has 1 aromatic carbocycles. The molecular weight excluding hydrogens is 467 g/mol. The maximum Gasteiger partial charge on any atom is 0.191 e. The van der Waals surface area contributed by atoms with Gasteiger partial charge >= 0.3 is 0 Å². The first kappa shape index (κ1) is 23.1. The number of ether oxygens (including phenoxy) is 2. The molecule has 3 rings (SSSR count). The first-order valence-corrected chi connectivity index (χ1v) is 10.3. The molecule has 2 N–H and O–H groups in total. The third-order valence-electron chi connectivity index (χ3n) is 5.16. The fourth-order valence-electron chi connectivity index (χ4n) is 3.50. The fourth-order valence-corrected chi connectivity index (χ4v) is 3.50. The molecule has 1 saturated carbocycles. The number of likely N-dealkylation sites (tertiary alicyclic amines) is 1. The van der Waals surface area contributed by atoms with Crippen molar-refractivity contribution >= 4 is 29.9 Å². The topological polar surface area (TPSA) is 58.1 Å². The third kappa shape index (κ3) is 7.66. The predicted octanol–water partition coefficient (Wildman–Crippen LogP) is 3.26. The van der Waals surface area contributed by atoms with E-state index >= 15 is 0 Å². The molecule has 1 aromatic rings. The van der Waals surface area contributed by atoms with Gasteiger partial charge in [0.1, 0.15) is 11.5 Å². The number of hydrogen-bond donors (Lipinski definition) is 2. The van der Waals surface area contributed by atoms with Crippen molar-refractivity contribution in [1.82, 2.24) is 15.5 Å². The van der Waals surface area contributed by atoms with Gasteiger partial charge in [0, 0.05) is 50.7 Å². The molecule has 0 unspecified atom stereocenters. The van der Waals surface area contributed by atoms with E-state index in [0.29, 0.717) is 12.6 Å². The Balaban J connectivity index is 0.00000280. The first-order valence-electron chi connectivity index (χ1n) is 10.3. The quantitative estimate of drug-likeness (QED) is 0.235. The lowest BCUT2D eigenvalue weighted by atomic mass is 10.1. The maximum atomic E-state index is 5.78. The minimum absolute atomic E-state index is 0. The second kappa shape index (κ2) is 12.4. The number of methoxy groups -OCH3 is 1. The predicted molar refractivity (Wildman–Crippen MR) is 125 cm³/mol. The van der Waals surface area contributed by atoms with E-state index in [-0.39, 0.29) is 24.0 Å². The zero-order valence-electron chi connectivity index (χ0n) is 17.2. The van der Waals surface area contributed by atoms with Gasteiger partial charge in [-0.05, 0) is 44.7 Å². The number of nitrogens with one attached hydrogen (secondary N) is 2. The van der Waals surface area contributed by atoms with Crippen LogP contribution in [0.4, 0.5) is 0 Å². The summed E-state index contributed by atoms with van der Waals surface area (Å²) in [5, 5.41) is 6.98. The molecule has 0 atom stereocenters. The highest BCUT2D eigenvalue weighted by molar-refractivity contribution is 14.0. The molecule has 0 radical (unpaired) electrons. The van der Waals surface area contributed by atoms with Gasteiger partial charge < -0.3 is 25.0 Å². The summed E-state index contributed by atoms with van der Waals surface area (Å²) in [5.74, 6) is 2.59. The van der Waals surface area contributed by atoms with Crippen LogP contribution < -0.4 is 20.1 Å². The Morgan fingerprint density at radius 2 is 1.93 bits per heavy atom. The number of guanidine groups is 1. The van der Waals surface area contributed by atoms with Gasteiger partial charge in [0.05, 0.1) is 13.7 Å². The van der Waals surface area contributed by atoms with E-state index in [1.165, 1.54) is 38.8 Å². The van der Waals surface area contributed by atoms with Crippen LogP contribution in [0.3, 0.4) is 0 Å². The average molecular weight is 502 g/mol. The number of piperidine rings is 1. The van der Waals surface area contributed by atoms with Gasteiger partial charge in [0.25, 0.3) is 0 Å². The third-order valence-corrected chi connectivity index (χ3v) is 5.16. The number of rotatable bonds is 9. The van der Waals surface area contributed by atoms with Crippen LogP contribution in [-0.4, -0.2) is 62.8 Å². The summed E-state index contributed by atoms with van der Waals surface area (Å²) in [6.45, 7) is 6.83. The van der Waals surface area contributed by atoms with Crippen LogP contribution in [0.2, 0.25) is 0 Å². The number of halogens is 1. The molecule has 0 spiro atoms. The van der Waals surface area contributed by atoms with Gasteiger partial charge in [0.15, 0.2) is 5.96 Å². The average Bonchev–Trinajstić information content (AvgIpc) is 3.54. The zero-order chi connectivity index (χ0) is 18.9. The molecule has 1 saturated heterocycles. The van der Waals surface area contributed by atoms with E-state index in [4.69, 9.17) is 14.5 Å². The summed E-state index contributed by atoms with van der Waals surface area (Å²) in [4.78, 5) is 7.37. The second-order valence-electron chi connectivity index (χ2n) is 7.33. The van der Waals surface area contributed by atoms with Gasteiger partial charge in [-0.3, -0.25) is 4.99 Å². The molecule has 6 nitrogen and oxygen atoms in total. The molecule has 0 bridgehead atoms. The Kier molecular flexibility index (Phi) is 10.2. The second-order valence-corrected chi connectivity index (χ2v) is 7.33. The Labute approximate surface area is 186 Å². The fraction of sp³-hybridized carbons (Fsp3) is 0.667. The van der Waals surface area contributed by atoms with Gasteiger partial charge in [-0.2, -0.15) is 0 Å². The molecule has 0 aromatic heterocycles. The molecule has 2 aliphatic rings. The van der Waals surface area contributed by atoms with Crippen molar-refractivity contribution < 1.29 is 9.47 Å².